The van der Waals surface area contributed by atoms with Crippen LogP contribution in [0.1, 0.15) is 79.2 Å². The minimum atomic E-state index is -0.871. The average Bonchev–Trinajstić information content (AvgIpc) is 3.00. The monoisotopic (exact) mass is 632 g/mol. The van der Waals surface area contributed by atoms with Crippen molar-refractivity contribution in [3.8, 4) is 0 Å². The molecule has 1 aromatic heterocycles. The number of likely N-dealkylation sites (N-methyl/N-ethyl adjacent to an activating group) is 3. The van der Waals surface area contributed by atoms with E-state index >= 15 is 0 Å². The Kier molecular flexibility index (Phi) is 17.3. The molecule has 12 nitrogen and oxygen atoms in total. The molecule has 254 valence electrons. The summed E-state index contributed by atoms with van der Waals surface area (Å²) in [6, 6.07) is 1.44. The summed E-state index contributed by atoms with van der Waals surface area (Å²) < 4.78 is 0. The number of carbonyl (C=O) groups is 5. The standard InChI is InChI=1S/C33H56N6O6/c1-10-25(36-28(41)19-27(40)23(6)12-11-13-24-14-16-35-17-15-24)33(45)38(8)20-29(42)39(9)26(18-21(2)3)31(43)37-30(22(4)5)32(44)34-7/h14-17,21-23,25-27,30,40H,10-13,18-20H2,1-9H3,(H,34,44)(H,36,41)(H,37,43)/t23-,25+,26+,27+,30+/m1/s1. The molecule has 1 aromatic rings. The average molecular weight is 633 g/mol. The molecule has 0 fully saturated rings. The van der Waals surface area contributed by atoms with Crippen molar-refractivity contribution in [2.24, 2.45) is 17.8 Å². The van der Waals surface area contributed by atoms with Crippen LogP contribution < -0.4 is 16.0 Å². The molecule has 5 amide bonds. The van der Waals surface area contributed by atoms with Gasteiger partial charge in [-0.2, -0.15) is 0 Å². The first-order valence-corrected chi connectivity index (χ1v) is 16.0. The fourth-order valence-electron chi connectivity index (χ4n) is 5.01. The number of amides is 5. The molecule has 0 spiro atoms. The molecule has 0 aromatic carbocycles. The number of aryl methyl sites for hydroxylation is 1. The predicted octanol–water partition coefficient (Wildman–Crippen LogP) is 1.90. The van der Waals surface area contributed by atoms with Gasteiger partial charge in [0.25, 0.3) is 0 Å². The smallest absolute Gasteiger partial charge is 0.245 e. The minimum absolute atomic E-state index is 0.0760. The fourth-order valence-corrected chi connectivity index (χ4v) is 5.01. The molecule has 5 atom stereocenters. The lowest BCUT2D eigenvalue weighted by Crippen LogP contribution is -2.57. The lowest BCUT2D eigenvalue weighted by Gasteiger charge is -2.32. The first-order chi connectivity index (χ1) is 21.1. The Labute approximate surface area is 269 Å². The van der Waals surface area contributed by atoms with Gasteiger partial charge in [-0.25, -0.2) is 0 Å². The highest BCUT2D eigenvalue weighted by Gasteiger charge is 2.33. The van der Waals surface area contributed by atoms with E-state index in [9.17, 15) is 29.1 Å². The summed E-state index contributed by atoms with van der Waals surface area (Å²) in [6.07, 6.45) is 5.62. The van der Waals surface area contributed by atoms with Crippen LogP contribution >= 0.6 is 0 Å². The summed E-state index contributed by atoms with van der Waals surface area (Å²) >= 11 is 0. The van der Waals surface area contributed by atoms with Crippen LogP contribution in [0.5, 0.6) is 0 Å². The van der Waals surface area contributed by atoms with Gasteiger partial charge >= 0.3 is 0 Å². The van der Waals surface area contributed by atoms with Gasteiger partial charge in [0.1, 0.15) is 18.1 Å². The number of rotatable bonds is 19. The van der Waals surface area contributed by atoms with Crippen molar-refractivity contribution in [2.45, 2.75) is 104 Å². The van der Waals surface area contributed by atoms with E-state index < -0.39 is 47.9 Å². The van der Waals surface area contributed by atoms with Crippen LogP contribution in [0, 0.1) is 17.8 Å². The van der Waals surface area contributed by atoms with E-state index in [1.165, 1.54) is 36.5 Å². The lowest BCUT2D eigenvalue weighted by molar-refractivity contribution is -0.145. The zero-order chi connectivity index (χ0) is 34.3. The second-order valence-corrected chi connectivity index (χ2v) is 12.7. The molecule has 12 heteroatoms. The number of aliphatic hydroxyl groups excluding tert-OH is 1. The topological polar surface area (TPSA) is 161 Å². The SMILES string of the molecule is CC[C@H](NC(=O)C[C@H](O)[C@H](C)CCCc1ccncc1)C(=O)N(C)CC(=O)N(C)[C@@H](CC(C)C)C(=O)N[C@H](C(=O)NC)C(C)C. The van der Waals surface area contributed by atoms with Crippen molar-refractivity contribution in [3.05, 3.63) is 30.1 Å². The third-order valence-corrected chi connectivity index (χ3v) is 8.07. The molecular weight excluding hydrogens is 576 g/mol. The van der Waals surface area contributed by atoms with E-state index in [4.69, 9.17) is 0 Å². The number of hydrogen-bond acceptors (Lipinski definition) is 7. The van der Waals surface area contributed by atoms with Crippen molar-refractivity contribution < 1.29 is 29.1 Å². The molecule has 45 heavy (non-hydrogen) atoms. The van der Waals surface area contributed by atoms with Crippen LogP contribution in [0.2, 0.25) is 0 Å². The van der Waals surface area contributed by atoms with Crippen LogP contribution in [0.15, 0.2) is 24.5 Å². The quantitative estimate of drug-likeness (QED) is 0.181. The van der Waals surface area contributed by atoms with Crippen LogP contribution in [-0.2, 0) is 30.4 Å². The van der Waals surface area contributed by atoms with Gasteiger partial charge in [-0.05, 0) is 67.6 Å². The summed E-state index contributed by atoms with van der Waals surface area (Å²) in [4.78, 5) is 71.4. The Hall–Kier alpha value is -3.54. The molecular formula is C33H56N6O6. The molecule has 4 N–H and O–H groups in total. The molecule has 0 saturated carbocycles. The number of hydrogen-bond donors (Lipinski definition) is 4. The second kappa shape index (κ2) is 19.8. The molecule has 1 heterocycles. The van der Waals surface area contributed by atoms with Crippen molar-refractivity contribution in [1.82, 2.24) is 30.7 Å². The Bertz CT molecular complexity index is 1100. The van der Waals surface area contributed by atoms with Crippen LogP contribution in [0.25, 0.3) is 0 Å². The molecule has 1 rings (SSSR count). The highest BCUT2D eigenvalue weighted by atomic mass is 16.3. The molecule has 0 saturated heterocycles. The van der Waals surface area contributed by atoms with E-state index in [0.717, 1.165) is 19.3 Å². The highest BCUT2D eigenvalue weighted by molar-refractivity contribution is 5.94. The Morgan fingerprint density at radius 1 is 0.956 bits per heavy atom. The van der Waals surface area contributed by atoms with Crippen LogP contribution in [0.4, 0.5) is 0 Å². The van der Waals surface area contributed by atoms with Gasteiger partial charge in [-0.1, -0.05) is 41.5 Å². The maximum atomic E-state index is 13.3. The van der Waals surface area contributed by atoms with Gasteiger partial charge in [-0.3, -0.25) is 29.0 Å². The summed E-state index contributed by atoms with van der Waals surface area (Å²) in [5.74, 6) is -2.30. The number of carbonyl (C=O) groups excluding carboxylic acids is 5. The maximum Gasteiger partial charge on any atom is 0.245 e. The van der Waals surface area contributed by atoms with Crippen LogP contribution in [-0.4, -0.2) is 101 Å². The summed E-state index contributed by atoms with van der Waals surface area (Å²) in [6.45, 7) is 10.9. The normalized spacial score (nSPS) is 14.6. The number of aliphatic hydroxyl groups is 1. The van der Waals surface area contributed by atoms with Crippen molar-refractivity contribution in [1.29, 1.82) is 0 Å². The van der Waals surface area contributed by atoms with E-state index in [-0.39, 0.29) is 36.6 Å². The van der Waals surface area contributed by atoms with E-state index in [2.05, 4.69) is 20.9 Å². The third kappa shape index (κ3) is 13.5. The van der Waals surface area contributed by atoms with Gasteiger partial charge in [0.2, 0.25) is 29.5 Å². The Balaban J connectivity index is 2.76. The van der Waals surface area contributed by atoms with Crippen molar-refractivity contribution in [2.75, 3.05) is 27.7 Å². The number of nitrogens with zero attached hydrogens (tertiary/aromatic N) is 3. The zero-order valence-corrected chi connectivity index (χ0v) is 28.6. The second-order valence-electron chi connectivity index (χ2n) is 12.7. The summed E-state index contributed by atoms with van der Waals surface area (Å²) in [7, 11) is 4.48. The maximum absolute atomic E-state index is 13.3. The van der Waals surface area contributed by atoms with Crippen molar-refractivity contribution >= 4 is 29.5 Å². The number of aromatic nitrogens is 1. The first-order valence-electron chi connectivity index (χ1n) is 16.0. The lowest BCUT2D eigenvalue weighted by atomic mass is 9.94. The van der Waals surface area contributed by atoms with Gasteiger partial charge in [0.15, 0.2) is 0 Å². The summed E-state index contributed by atoms with van der Waals surface area (Å²) in [5.41, 5.74) is 1.17. The van der Waals surface area contributed by atoms with Crippen LogP contribution in [0.3, 0.4) is 0 Å². The highest BCUT2D eigenvalue weighted by Crippen LogP contribution is 2.17. The first kappa shape index (κ1) is 39.5. The molecule has 0 unspecified atom stereocenters. The van der Waals surface area contributed by atoms with Gasteiger partial charge < -0.3 is 30.9 Å². The number of nitrogens with one attached hydrogen (secondary N) is 3. The molecule has 0 radical (unpaired) electrons. The molecule has 0 aliphatic rings. The van der Waals surface area contributed by atoms with Gasteiger partial charge in [-0.15, -0.1) is 0 Å². The molecule has 0 aliphatic carbocycles. The Morgan fingerprint density at radius 3 is 2.11 bits per heavy atom. The van der Waals surface area contributed by atoms with E-state index in [1.807, 2.05) is 46.8 Å². The summed E-state index contributed by atoms with van der Waals surface area (Å²) in [5, 5.41) is 18.7. The van der Waals surface area contributed by atoms with Gasteiger partial charge in [0.05, 0.1) is 19.1 Å². The zero-order valence-electron chi connectivity index (χ0n) is 28.6. The third-order valence-electron chi connectivity index (χ3n) is 8.07. The predicted molar refractivity (Wildman–Crippen MR) is 174 cm³/mol. The van der Waals surface area contributed by atoms with Gasteiger partial charge in [0, 0.05) is 33.5 Å². The van der Waals surface area contributed by atoms with E-state index in [1.54, 1.807) is 19.3 Å². The Morgan fingerprint density at radius 2 is 1.58 bits per heavy atom. The fraction of sp³-hybridized carbons (Fsp3) is 0.697. The van der Waals surface area contributed by atoms with E-state index in [0.29, 0.717) is 12.8 Å². The molecule has 0 aliphatic heterocycles. The van der Waals surface area contributed by atoms with Crippen molar-refractivity contribution in [3.63, 3.8) is 0 Å². The number of pyridine rings is 1. The molecule has 0 bridgehead atoms. The minimum Gasteiger partial charge on any atom is -0.392 e. The largest absolute Gasteiger partial charge is 0.392 e.